The normalized spacial score (nSPS) is 23.5. The minimum Gasteiger partial charge on any atom is -0.326 e. The monoisotopic (exact) mass is 310 g/mol. The lowest BCUT2D eigenvalue weighted by atomic mass is 9.86. The van der Waals surface area contributed by atoms with Crippen LogP contribution in [0.3, 0.4) is 0 Å². The van der Waals surface area contributed by atoms with Crippen molar-refractivity contribution < 1.29 is 8.42 Å². The van der Waals surface area contributed by atoms with Gasteiger partial charge >= 0.3 is 0 Å². The van der Waals surface area contributed by atoms with Gasteiger partial charge in [-0.1, -0.05) is 25.8 Å². The second-order valence-electron chi connectivity index (χ2n) is 6.14. The number of hydrogen-bond acceptors (Lipinski definition) is 3. The van der Waals surface area contributed by atoms with E-state index >= 15 is 0 Å². The molecule has 2 N–H and O–H groups in total. The predicted molar refractivity (Wildman–Crippen MR) is 85.4 cm³/mol. The molecule has 0 amide bonds. The first-order valence-electron chi connectivity index (χ1n) is 7.65. The summed E-state index contributed by atoms with van der Waals surface area (Å²) in [6.07, 6.45) is 4.36. The lowest BCUT2D eigenvalue weighted by molar-refractivity contribution is 0.213. The number of benzene rings is 1. The summed E-state index contributed by atoms with van der Waals surface area (Å²) in [5, 5.41) is 0. The Morgan fingerprint density at radius 2 is 1.95 bits per heavy atom. The number of nitrogens with two attached hydrogens (primary N) is 1. The average molecular weight is 310 g/mol. The number of nitrogens with zero attached hydrogens (tertiary/aromatic N) is 1. The van der Waals surface area contributed by atoms with Crippen molar-refractivity contribution in [3.8, 4) is 0 Å². The second kappa shape index (κ2) is 6.46. The smallest absolute Gasteiger partial charge is 0.243 e. The van der Waals surface area contributed by atoms with Gasteiger partial charge in [0.2, 0.25) is 10.0 Å². The molecule has 0 spiro atoms. The van der Waals surface area contributed by atoms with Crippen molar-refractivity contribution in [3.63, 3.8) is 0 Å². The van der Waals surface area contributed by atoms with E-state index in [0.29, 0.717) is 17.4 Å². The Morgan fingerprint density at radius 1 is 1.29 bits per heavy atom. The Bertz CT molecular complexity index is 598. The maximum absolute atomic E-state index is 12.8. The molecular formula is C16H26N2O2S. The van der Waals surface area contributed by atoms with Crippen molar-refractivity contribution in [2.75, 3.05) is 7.05 Å². The maximum Gasteiger partial charge on any atom is 0.243 e. The fourth-order valence-corrected chi connectivity index (χ4v) is 4.74. The Balaban J connectivity index is 2.32. The summed E-state index contributed by atoms with van der Waals surface area (Å²) in [5.41, 5.74) is 7.62. The van der Waals surface area contributed by atoms with Gasteiger partial charge in [0.05, 0.1) is 4.90 Å². The summed E-state index contributed by atoms with van der Waals surface area (Å²) in [4.78, 5) is 0.355. The minimum atomic E-state index is -3.44. The maximum atomic E-state index is 12.8. The fraction of sp³-hybridized carbons (Fsp3) is 0.625. The number of aryl methyl sites for hydroxylation is 1. The molecule has 1 saturated carbocycles. The molecule has 1 aliphatic rings. The molecule has 0 aliphatic heterocycles. The van der Waals surface area contributed by atoms with E-state index in [0.717, 1.165) is 30.4 Å². The Morgan fingerprint density at radius 3 is 2.57 bits per heavy atom. The standard InChI is InChI=1S/C16H26N2O2S/c1-12-8-9-15(10-14(12)11-17)21(19,20)18(3)16-7-5-4-6-13(16)2/h8-10,13,16H,4-7,11,17H2,1-3H3. The third-order valence-electron chi connectivity index (χ3n) is 4.75. The molecule has 2 unspecified atom stereocenters. The molecule has 1 aromatic carbocycles. The van der Waals surface area contributed by atoms with Gasteiger partial charge in [0.1, 0.15) is 0 Å². The van der Waals surface area contributed by atoms with Gasteiger partial charge in [0.25, 0.3) is 0 Å². The lowest BCUT2D eigenvalue weighted by Gasteiger charge is -2.35. The highest BCUT2D eigenvalue weighted by molar-refractivity contribution is 7.89. The molecule has 1 fully saturated rings. The summed E-state index contributed by atoms with van der Waals surface area (Å²) in [5.74, 6) is 0.415. The van der Waals surface area contributed by atoms with Crippen LogP contribution in [0.15, 0.2) is 23.1 Å². The minimum absolute atomic E-state index is 0.103. The van der Waals surface area contributed by atoms with Crippen molar-refractivity contribution in [1.82, 2.24) is 4.31 Å². The molecule has 118 valence electrons. The van der Waals surface area contributed by atoms with Crippen molar-refractivity contribution in [1.29, 1.82) is 0 Å². The van der Waals surface area contributed by atoms with E-state index in [1.165, 1.54) is 6.42 Å². The summed E-state index contributed by atoms with van der Waals surface area (Å²) < 4.78 is 27.3. The average Bonchev–Trinajstić information content (AvgIpc) is 2.47. The summed E-state index contributed by atoms with van der Waals surface area (Å²) in [7, 11) is -1.73. The molecule has 1 aliphatic carbocycles. The van der Waals surface area contributed by atoms with Crippen LogP contribution in [0.4, 0.5) is 0 Å². The van der Waals surface area contributed by atoms with Gasteiger partial charge in [-0.15, -0.1) is 0 Å². The van der Waals surface area contributed by atoms with Crippen LogP contribution in [-0.4, -0.2) is 25.8 Å². The SMILES string of the molecule is Cc1ccc(S(=O)(=O)N(C)C2CCCCC2C)cc1CN. The second-order valence-corrected chi connectivity index (χ2v) is 8.14. The van der Waals surface area contributed by atoms with Gasteiger partial charge in [-0.25, -0.2) is 8.42 Å². The summed E-state index contributed by atoms with van der Waals surface area (Å²) in [6.45, 7) is 4.46. The van der Waals surface area contributed by atoms with Crippen molar-refractivity contribution >= 4 is 10.0 Å². The van der Waals surface area contributed by atoms with E-state index < -0.39 is 10.0 Å². The Kier molecular flexibility index (Phi) is 5.07. The first-order chi connectivity index (χ1) is 9.87. The van der Waals surface area contributed by atoms with Crippen molar-refractivity contribution in [3.05, 3.63) is 29.3 Å². The molecule has 0 saturated heterocycles. The largest absolute Gasteiger partial charge is 0.326 e. The third-order valence-corrected chi connectivity index (χ3v) is 6.63. The number of hydrogen-bond donors (Lipinski definition) is 1. The molecular weight excluding hydrogens is 284 g/mol. The van der Waals surface area contributed by atoms with Gasteiger partial charge in [-0.2, -0.15) is 4.31 Å². The van der Waals surface area contributed by atoms with Crippen LogP contribution in [0, 0.1) is 12.8 Å². The highest BCUT2D eigenvalue weighted by Gasteiger charge is 2.33. The van der Waals surface area contributed by atoms with Gasteiger partial charge in [0, 0.05) is 19.6 Å². The molecule has 2 rings (SSSR count). The van der Waals surface area contributed by atoms with Crippen molar-refractivity contribution in [2.24, 2.45) is 11.7 Å². The third kappa shape index (κ3) is 3.30. The van der Waals surface area contributed by atoms with E-state index in [2.05, 4.69) is 6.92 Å². The van der Waals surface area contributed by atoms with E-state index in [1.807, 2.05) is 13.0 Å². The van der Waals surface area contributed by atoms with Crippen LogP contribution >= 0.6 is 0 Å². The zero-order chi connectivity index (χ0) is 15.6. The highest BCUT2D eigenvalue weighted by atomic mass is 32.2. The van der Waals surface area contributed by atoms with Crippen molar-refractivity contribution in [2.45, 2.75) is 57.0 Å². The number of rotatable bonds is 4. The summed E-state index contributed by atoms with van der Waals surface area (Å²) in [6, 6.07) is 5.35. The van der Waals surface area contributed by atoms with Crippen LogP contribution < -0.4 is 5.73 Å². The number of sulfonamides is 1. The van der Waals surface area contributed by atoms with E-state index in [1.54, 1.807) is 23.5 Å². The van der Waals surface area contributed by atoms with E-state index in [-0.39, 0.29) is 6.04 Å². The molecule has 5 heteroatoms. The molecule has 4 nitrogen and oxygen atoms in total. The molecule has 0 bridgehead atoms. The van der Waals surface area contributed by atoms with Crippen LogP contribution in [0.1, 0.15) is 43.7 Å². The summed E-state index contributed by atoms with van der Waals surface area (Å²) >= 11 is 0. The Labute approximate surface area is 128 Å². The lowest BCUT2D eigenvalue weighted by Crippen LogP contribution is -2.42. The van der Waals surface area contributed by atoms with E-state index in [4.69, 9.17) is 5.73 Å². The van der Waals surface area contributed by atoms with Crippen LogP contribution in [0.5, 0.6) is 0 Å². The topological polar surface area (TPSA) is 63.4 Å². The molecule has 0 radical (unpaired) electrons. The zero-order valence-corrected chi connectivity index (χ0v) is 14.0. The van der Waals surface area contributed by atoms with Crippen LogP contribution in [0.2, 0.25) is 0 Å². The Hall–Kier alpha value is -0.910. The molecule has 1 aromatic rings. The van der Waals surface area contributed by atoms with E-state index in [9.17, 15) is 8.42 Å². The zero-order valence-electron chi connectivity index (χ0n) is 13.2. The van der Waals surface area contributed by atoms with Crippen LogP contribution in [-0.2, 0) is 16.6 Å². The van der Waals surface area contributed by atoms with Gasteiger partial charge in [-0.3, -0.25) is 0 Å². The van der Waals surface area contributed by atoms with Gasteiger partial charge in [0.15, 0.2) is 0 Å². The highest BCUT2D eigenvalue weighted by Crippen LogP contribution is 2.31. The molecule has 0 aromatic heterocycles. The quantitative estimate of drug-likeness (QED) is 0.930. The first-order valence-corrected chi connectivity index (χ1v) is 9.09. The fourth-order valence-electron chi connectivity index (χ4n) is 3.21. The first kappa shape index (κ1) is 16.5. The van der Waals surface area contributed by atoms with Gasteiger partial charge < -0.3 is 5.73 Å². The molecule has 0 heterocycles. The molecule has 21 heavy (non-hydrogen) atoms. The van der Waals surface area contributed by atoms with Crippen LogP contribution in [0.25, 0.3) is 0 Å². The molecule has 2 atom stereocenters. The van der Waals surface area contributed by atoms with Gasteiger partial charge in [-0.05, 0) is 48.9 Å². The predicted octanol–water partition coefficient (Wildman–Crippen LogP) is 2.65.